The van der Waals surface area contributed by atoms with Gasteiger partial charge in [0.05, 0.1) is 17.1 Å². The number of hydrogen-bond acceptors (Lipinski definition) is 5. The predicted octanol–water partition coefficient (Wildman–Crippen LogP) is 3.42. The van der Waals surface area contributed by atoms with Gasteiger partial charge in [-0.05, 0) is 44.4 Å². The lowest BCUT2D eigenvalue weighted by atomic mass is 9.84. The molecule has 160 valence electrons. The Morgan fingerprint density at radius 1 is 1.30 bits per heavy atom. The SMILES string of the molecule is CN1CCC(C#N)(NC(=O)C(CC2CCCCC2)Nc2nc3ccccc3[nH]2)CC1. The maximum atomic E-state index is 13.4. The average Bonchev–Trinajstić information content (AvgIpc) is 3.18. The smallest absolute Gasteiger partial charge is 0.243 e. The number of nitrogens with zero attached hydrogens (tertiary/aromatic N) is 3. The predicted molar refractivity (Wildman–Crippen MR) is 118 cm³/mol. The Balaban J connectivity index is 1.51. The number of aromatic nitrogens is 2. The van der Waals surface area contributed by atoms with E-state index in [0.717, 1.165) is 30.5 Å². The first-order valence-corrected chi connectivity index (χ1v) is 11.2. The molecular formula is C23H32N6O. The molecule has 30 heavy (non-hydrogen) atoms. The number of amides is 1. The highest BCUT2D eigenvalue weighted by Gasteiger charge is 2.37. The van der Waals surface area contributed by atoms with Crippen LogP contribution in [0.25, 0.3) is 11.0 Å². The van der Waals surface area contributed by atoms with E-state index < -0.39 is 11.6 Å². The number of nitriles is 1. The fourth-order valence-corrected chi connectivity index (χ4v) is 4.76. The monoisotopic (exact) mass is 408 g/mol. The Hall–Kier alpha value is -2.59. The van der Waals surface area contributed by atoms with Crippen molar-refractivity contribution in [2.45, 2.75) is 62.9 Å². The molecular weight excluding hydrogens is 376 g/mol. The number of anilines is 1. The van der Waals surface area contributed by atoms with Gasteiger partial charge in [0.2, 0.25) is 11.9 Å². The summed E-state index contributed by atoms with van der Waals surface area (Å²) in [7, 11) is 2.05. The summed E-state index contributed by atoms with van der Waals surface area (Å²) >= 11 is 0. The quantitative estimate of drug-likeness (QED) is 0.680. The first kappa shape index (κ1) is 20.7. The van der Waals surface area contributed by atoms with E-state index in [2.05, 4.69) is 38.6 Å². The van der Waals surface area contributed by atoms with Crippen molar-refractivity contribution in [2.75, 3.05) is 25.5 Å². The van der Waals surface area contributed by atoms with Gasteiger partial charge in [0.1, 0.15) is 11.6 Å². The molecule has 0 radical (unpaired) electrons. The van der Waals surface area contributed by atoms with Gasteiger partial charge in [-0.1, -0.05) is 44.2 Å². The van der Waals surface area contributed by atoms with E-state index in [9.17, 15) is 10.1 Å². The first-order valence-electron chi connectivity index (χ1n) is 11.2. The van der Waals surface area contributed by atoms with Crippen LogP contribution in [0.1, 0.15) is 51.4 Å². The lowest BCUT2D eigenvalue weighted by Gasteiger charge is -2.37. The number of aromatic amines is 1. The van der Waals surface area contributed by atoms with E-state index >= 15 is 0 Å². The van der Waals surface area contributed by atoms with Crippen LogP contribution < -0.4 is 10.6 Å². The molecule has 1 aliphatic carbocycles. The fraction of sp³-hybridized carbons (Fsp3) is 0.609. The molecule has 1 saturated heterocycles. The zero-order chi connectivity index (χ0) is 21.0. The molecule has 1 atom stereocenters. The normalized spacial score (nSPS) is 21.1. The molecule has 0 spiro atoms. The molecule has 1 saturated carbocycles. The zero-order valence-corrected chi connectivity index (χ0v) is 17.8. The van der Waals surface area contributed by atoms with Crippen molar-refractivity contribution in [2.24, 2.45) is 5.92 Å². The standard InChI is InChI=1S/C23H32N6O/c1-29-13-11-23(16-24,12-14-29)28-21(30)20(15-17-7-3-2-4-8-17)27-22-25-18-9-5-6-10-19(18)26-22/h5-6,9-10,17,20H,2-4,7-8,11-15H2,1H3,(H,28,30)(H2,25,26,27). The molecule has 2 aliphatic rings. The molecule has 7 heteroatoms. The van der Waals surface area contributed by atoms with Gasteiger partial charge in [-0.25, -0.2) is 4.98 Å². The number of carbonyl (C=O) groups excluding carboxylic acids is 1. The second-order valence-electron chi connectivity index (χ2n) is 9.03. The number of nitrogens with one attached hydrogen (secondary N) is 3. The van der Waals surface area contributed by atoms with Crippen molar-refractivity contribution in [3.05, 3.63) is 24.3 Å². The summed E-state index contributed by atoms with van der Waals surface area (Å²) in [6, 6.07) is 9.85. The van der Waals surface area contributed by atoms with E-state index in [-0.39, 0.29) is 5.91 Å². The number of rotatable bonds is 6. The second kappa shape index (κ2) is 9.05. The number of piperidine rings is 1. The number of imidazole rings is 1. The van der Waals surface area contributed by atoms with Gasteiger partial charge in [0.15, 0.2) is 0 Å². The minimum absolute atomic E-state index is 0.0906. The van der Waals surface area contributed by atoms with E-state index in [1.54, 1.807) is 0 Å². The van der Waals surface area contributed by atoms with Crippen LogP contribution in [0.5, 0.6) is 0 Å². The molecule has 3 N–H and O–H groups in total. The largest absolute Gasteiger partial charge is 0.344 e. The lowest BCUT2D eigenvalue weighted by molar-refractivity contribution is -0.124. The third kappa shape index (κ3) is 4.76. The van der Waals surface area contributed by atoms with Crippen LogP contribution in [0.2, 0.25) is 0 Å². The maximum Gasteiger partial charge on any atom is 0.243 e. The average molecular weight is 409 g/mol. The number of H-pyrrole nitrogens is 1. The number of likely N-dealkylation sites (tertiary alicyclic amines) is 1. The summed E-state index contributed by atoms with van der Waals surface area (Å²) in [6.45, 7) is 1.64. The third-order valence-electron chi connectivity index (χ3n) is 6.73. The molecule has 1 amide bonds. The second-order valence-corrected chi connectivity index (χ2v) is 9.03. The van der Waals surface area contributed by atoms with E-state index in [0.29, 0.717) is 24.7 Å². The number of hydrogen-bond donors (Lipinski definition) is 3. The molecule has 2 fully saturated rings. The Kier molecular flexibility index (Phi) is 6.24. The van der Waals surface area contributed by atoms with Crippen molar-refractivity contribution in [1.82, 2.24) is 20.2 Å². The molecule has 7 nitrogen and oxygen atoms in total. The lowest BCUT2D eigenvalue weighted by Crippen LogP contribution is -2.57. The molecule has 0 bridgehead atoms. The summed E-state index contributed by atoms with van der Waals surface area (Å²) in [6.07, 6.45) is 8.18. The van der Waals surface area contributed by atoms with Crippen LogP contribution in [-0.4, -0.2) is 52.5 Å². The molecule has 1 aliphatic heterocycles. The van der Waals surface area contributed by atoms with Gasteiger partial charge in [0, 0.05) is 13.1 Å². The van der Waals surface area contributed by atoms with Gasteiger partial charge in [-0.3, -0.25) is 4.79 Å². The van der Waals surface area contributed by atoms with Crippen LogP contribution in [0.3, 0.4) is 0 Å². The van der Waals surface area contributed by atoms with Crippen LogP contribution in [0, 0.1) is 17.2 Å². The minimum atomic E-state index is -0.774. The number of fused-ring (bicyclic) bond motifs is 1. The van der Waals surface area contributed by atoms with Gasteiger partial charge in [-0.15, -0.1) is 0 Å². The van der Waals surface area contributed by atoms with Crippen molar-refractivity contribution in [3.8, 4) is 6.07 Å². The molecule has 4 rings (SSSR count). The minimum Gasteiger partial charge on any atom is -0.344 e. The van der Waals surface area contributed by atoms with Gasteiger partial charge in [-0.2, -0.15) is 5.26 Å². The van der Waals surface area contributed by atoms with Crippen LogP contribution in [-0.2, 0) is 4.79 Å². The molecule has 1 aromatic heterocycles. The zero-order valence-electron chi connectivity index (χ0n) is 17.8. The summed E-state index contributed by atoms with van der Waals surface area (Å²) in [5.74, 6) is 1.05. The Morgan fingerprint density at radius 3 is 2.73 bits per heavy atom. The fourth-order valence-electron chi connectivity index (χ4n) is 4.76. The summed E-state index contributed by atoms with van der Waals surface area (Å²) in [5.41, 5.74) is 1.05. The molecule has 1 aromatic carbocycles. The van der Waals surface area contributed by atoms with Crippen LogP contribution >= 0.6 is 0 Å². The van der Waals surface area contributed by atoms with Gasteiger partial charge >= 0.3 is 0 Å². The van der Waals surface area contributed by atoms with Gasteiger partial charge < -0.3 is 20.5 Å². The third-order valence-corrected chi connectivity index (χ3v) is 6.73. The van der Waals surface area contributed by atoms with Crippen molar-refractivity contribution < 1.29 is 4.79 Å². The number of para-hydroxylation sites is 2. The molecule has 2 aromatic rings. The van der Waals surface area contributed by atoms with Crippen molar-refractivity contribution >= 4 is 22.9 Å². The Labute approximate surface area is 178 Å². The van der Waals surface area contributed by atoms with Crippen LogP contribution in [0.15, 0.2) is 24.3 Å². The first-order chi connectivity index (χ1) is 14.6. The maximum absolute atomic E-state index is 13.4. The highest BCUT2D eigenvalue weighted by atomic mass is 16.2. The topological polar surface area (TPSA) is 96.8 Å². The highest BCUT2D eigenvalue weighted by molar-refractivity contribution is 5.86. The van der Waals surface area contributed by atoms with E-state index in [1.165, 1.54) is 32.1 Å². The molecule has 2 heterocycles. The Bertz CT molecular complexity index is 869. The van der Waals surface area contributed by atoms with E-state index in [4.69, 9.17) is 0 Å². The van der Waals surface area contributed by atoms with Crippen LogP contribution in [0.4, 0.5) is 5.95 Å². The van der Waals surface area contributed by atoms with E-state index in [1.807, 2.05) is 24.3 Å². The van der Waals surface area contributed by atoms with Crippen molar-refractivity contribution in [1.29, 1.82) is 5.26 Å². The summed E-state index contributed by atoms with van der Waals surface area (Å²) in [5, 5.41) is 16.3. The highest BCUT2D eigenvalue weighted by Crippen LogP contribution is 2.29. The summed E-state index contributed by atoms with van der Waals surface area (Å²) < 4.78 is 0. The Morgan fingerprint density at radius 2 is 2.03 bits per heavy atom. The molecule has 1 unspecified atom stereocenters. The number of benzene rings is 1. The summed E-state index contributed by atoms with van der Waals surface area (Å²) in [4.78, 5) is 23.5. The van der Waals surface area contributed by atoms with Crippen molar-refractivity contribution in [3.63, 3.8) is 0 Å². The number of carbonyl (C=O) groups is 1. The van der Waals surface area contributed by atoms with Gasteiger partial charge in [0.25, 0.3) is 0 Å².